The molecule has 1 amide bonds. The third kappa shape index (κ3) is 3.51. The van der Waals surface area contributed by atoms with Crippen LogP contribution in [0.5, 0.6) is 5.75 Å². The molecule has 0 spiro atoms. The number of benzene rings is 2. The lowest BCUT2D eigenvalue weighted by atomic mass is 10.0. The lowest BCUT2D eigenvalue weighted by molar-refractivity contribution is 0.0937. The number of hydrogen-bond donors (Lipinski definition) is 3. The van der Waals surface area contributed by atoms with Gasteiger partial charge in [0.1, 0.15) is 11.6 Å². The predicted octanol–water partition coefficient (Wildman–Crippen LogP) is 2.81. The highest BCUT2D eigenvalue weighted by Gasteiger charge is 2.23. The highest BCUT2D eigenvalue weighted by molar-refractivity contribution is 5.95. The van der Waals surface area contributed by atoms with Crippen LogP contribution in [0.4, 0.5) is 4.39 Å². The van der Waals surface area contributed by atoms with E-state index in [0.29, 0.717) is 16.7 Å². The van der Waals surface area contributed by atoms with Crippen molar-refractivity contribution in [2.24, 2.45) is 5.73 Å². The van der Waals surface area contributed by atoms with Crippen LogP contribution in [0.15, 0.2) is 42.5 Å². The van der Waals surface area contributed by atoms with E-state index in [1.54, 1.807) is 24.3 Å². The summed E-state index contributed by atoms with van der Waals surface area (Å²) in [5, 5.41) is 12.3. The molecule has 1 fully saturated rings. The molecule has 2 aromatic carbocycles. The van der Waals surface area contributed by atoms with Gasteiger partial charge in [-0.2, -0.15) is 0 Å². The molecule has 4 nitrogen and oxygen atoms in total. The van der Waals surface area contributed by atoms with Crippen LogP contribution in [-0.2, 0) is 0 Å². The first-order chi connectivity index (χ1) is 11.0. The van der Waals surface area contributed by atoms with E-state index in [9.17, 15) is 14.3 Å². The van der Waals surface area contributed by atoms with Crippen molar-refractivity contribution >= 4 is 5.91 Å². The SMILES string of the molecule is NC1CCC(NC(=O)c2cccc(-c3ccc(O)cc3F)c2)C1. The highest BCUT2D eigenvalue weighted by Crippen LogP contribution is 2.26. The van der Waals surface area contributed by atoms with E-state index >= 15 is 0 Å². The van der Waals surface area contributed by atoms with Crippen LogP contribution < -0.4 is 11.1 Å². The number of aromatic hydroxyl groups is 1. The second kappa shape index (κ2) is 6.38. The fourth-order valence-electron chi connectivity index (χ4n) is 2.98. The maximum Gasteiger partial charge on any atom is 0.251 e. The van der Waals surface area contributed by atoms with Gasteiger partial charge in [-0.1, -0.05) is 12.1 Å². The van der Waals surface area contributed by atoms with Crippen molar-refractivity contribution in [1.29, 1.82) is 0 Å². The number of phenolic OH excluding ortho intramolecular Hbond substituents is 1. The van der Waals surface area contributed by atoms with Crippen LogP contribution in [0.25, 0.3) is 11.1 Å². The Morgan fingerprint density at radius 2 is 2.04 bits per heavy atom. The summed E-state index contributed by atoms with van der Waals surface area (Å²) in [6.45, 7) is 0. The summed E-state index contributed by atoms with van der Waals surface area (Å²) in [7, 11) is 0. The molecule has 0 saturated heterocycles. The second-order valence-corrected chi connectivity index (χ2v) is 5.99. The first kappa shape index (κ1) is 15.5. The summed E-state index contributed by atoms with van der Waals surface area (Å²) < 4.78 is 14.0. The number of amides is 1. The van der Waals surface area contributed by atoms with Gasteiger partial charge in [-0.05, 0) is 49.1 Å². The Morgan fingerprint density at radius 1 is 1.22 bits per heavy atom. The molecule has 1 aliphatic carbocycles. The second-order valence-electron chi connectivity index (χ2n) is 5.99. The van der Waals surface area contributed by atoms with Gasteiger partial charge in [0, 0.05) is 29.3 Å². The summed E-state index contributed by atoms with van der Waals surface area (Å²) in [5.74, 6) is -0.827. The molecule has 23 heavy (non-hydrogen) atoms. The van der Waals surface area contributed by atoms with Crippen LogP contribution in [0.3, 0.4) is 0 Å². The van der Waals surface area contributed by atoms with Gasteiger partial charge in [0.25, 0.3) is 5.91 Å². The Kier molecular flexibility index (Phi) is 4.30. The topological polar surface area (TPSA) is 75.3 Å². The van der Waals surface area contributed by atoms with Crippen molar-refractivity contribution < 1.29 is 14.3 Å². The van der Waals surface area contributed by atoms with Crippen LogP contribution in [0.2, 0.25) is 0 Å². The van der Waals surface area contributed by atoms with Gasteiger partial charge in [-0.25, -0.2) is 4.39 Å². The number of phenols is 1. The first-order valence-electron chi connectivity index (χ1n) is 7.68. The molecule has 0 heterocycles. The van der Waals surface area contributed by atoms with Gasteiger partial charge >= 0.3 is 0 Å². The number of carbonyl (C=O) groups is 1. The van der Waals surface area contributed by atoms with Gasteiger partial charge in [0.05, 0.1) is 0 Å². The minimum Gasteiger partial charge on any atom is -0.508 e. The van der Waals surface area contributed by atoms with E-state index in [-0.39, 0.29) is 23.7 Å². The normalized spacial score (nSPS) is 20.4. The Bertz CT molecular complexity index is 733. The zero-order valence-corrected chi connectivity index (χ0v) is 12.6. The zero-order chi connectivity index (χ0) is 16.4. The number of nitrogens with two attached hydrogens (primary N) is 1. The Balaban J connectivity index is 1.80. The molecule has 2 atom stereocenters. The van der Waals surface area contributed by atoms with Crippen molar-refractivity contribution in [2.45, 2.75) is 31.3 Å². The van der Waals surface area contributed by atoms with Crippen molar-refractivity contribution in [3.05, 3.63) is 53.8 Å². The minimum absolute atomic E-state index is 0.103. The molecular weight excluding hydrogens is 295 g/mol. The number of hydrogen-bond acceptors (Lipinski definition) is 3. The number of nitrogens with one attached hydrogen (secondary N) is 1. The third-order valence-electron chi connectivity index (χ3n) is 4.20. The maximum absolute atomic E-state index is 14.0. The predicted molar refractivity (Wildman–Crippen MR) is 86.6 cm³/mol. The van der Waals surface area contributed by atoms with Gasteiger partial charge in [0.15, 0.2) is 0 Å². The smallest absolute Gasteiger partial charge is 0.251 e. The molecule has 120 valence electrons. The first-order valence-corrected chi connectivity index (χ1v) is 7.68. The van der Waals surface area contributed by atoms with Crippen LogP contribution in [0, 0.1) is 5.82 Å². The Morgan fingerprint density at radius 3 is 2.74 bits per heavy atom. The lowest BCUT2D eigenvalue weighted by Gasteiger charge is -2.13. The molecule has 3 rings (SSSR count). The number of halogens is 1. The molecule has 0 radical (unpaired) electrons. The van der Waals surface area contributed by atoms with Crippen molar-refractivity contribution in [2.75, 3.05) is 0 Å². The molecule has 2 unspecified atom stereocenters. The summed E-state index contributed by atoms with van der Waals surface area (Å²) in [4.78, 5) is 12.3. The largest absolute Gasteiger partial charge is 0.508 e. The van der Waals surface area contributed by atoms with E-state index in [4.69, 9.17) is 5.73 Å². The Hall–Kier alpha value is -2.40. The van der Waals surface area contributed by atoms with E-state index in [0.717, 1.165) is 25.3 Å². The van der Waals surface area contributed by atoms with E-state index in [2.05, 4.69) is 5.32 Å². The molecule has 4 N–H and O–H groups in total. The number of carbonyl (C=O) groups excluding carboxylic acids is 1. The van der Waals surface area contributed by atoms with Crippen LogP contribution in [-0.4, -0.2) is 23.1 Å². The lowest BCUT2D eigenvalue weighted by Crippen LogP contribution is -2.34. The molecule has 1 aliphatic rings. The Labute approximate surface area is 134 Å². The van der Waals surface area contributed by atoms with Crippen LogP contribution >= 0.6 is 0 Å². The fraction of sp³-hybridized carbons (Fsp3) is 0.278. The average Bonchev–Trinajstić information content (AvgIpc) is 2.92. The molecule has 1 saturated carbocycles. The fourth-order valence-corrected chi connectivity index (χ4v) is 2.98. The van der Waals surface area contributed by atoms with Gasteiger partial charge in [-0.15, -0.1) is 0 Å². The number of rotatable bonds is 3. The molecular formula is C18H19FN2O2. The van der Waals surface area contributed by atoms with E-state index < -0.39 is 5.82 Å². The quantitative estimate of drug-likeness (QED) is 0.815. The molecule has 0 aliphatic heterocycles. The summed E-state index contributed by atoms with van der Waals surface area (Å²) >= 11 is 0. The third-order valence-corrected chi connectivity index (χ3v) is 4.20. The van der Waals surface area contributed by atoms with Crippen molar-refractivity contribution in [3.8, 4) is 16.9 Å². The summed E-state index contributed by atoms with van der Waals surface area (Å²) in [6, 6.07) is 11.0. The van der Waals surface area contributed by atoms with E-state index in [1.165, 1.54) is 12.1 Å². The van der Waals surface area contributed by atoms with Gasteiger partial charge in [0.2, 0.25) is 0 Å². The molecule has 0 bridgehead atoms. The van der Waals surface area contributed by atoms with E-state index in [1.807, 2.05) is 0 Å². The standard InChI is InChI=1S/C18H19FN2O2/c19-17-10-15(22)6-7-16(17)11-2-1-3-12(8-11)18(23)21-14-5-4-13(20)9-14/h1-3,6-8,10,13-14,22H,4-5,9,20H2,(H,21,23). The highest BCUT2D eigenvalue weighted by atomic mass is 19.1. The van der Waals surface area contributed by atoms with Gasteiger partial charge in [-0.3, -0.25) is 4.79 Å². The maximum atomic E-state index is 14.0. The summed E-state index contributed by atoms with van der Waals surface area (Å²) in [5.41, 5.74) is 7.28. The zero-order valence-electron chi connectivity index (χ0n) is 12.6. The molecule has 2 aromatic rings. The summed E-state index contributed by atoms with van der Waals surface area (Å²) in [6.07, 6.45) is 2.60. The molecule has 5 heteroatoms. The van der Waals surface area contributed by atoms with Crippen molar-refractivity contribution in [1.82, 2.24) is 5.32 Å². The minimum atomic E-state index is -0.524. The van der Waals surface area contributed by atoms with Crippen molar-refractivity contribution in [3.63, 3.8) is 0 Å². The molecule has 0 aromatic heterocycles. The van der Waals surface area contributed by atoms with Gasteiger partial charge < -0.3 is 16.2 Å². The monoisotopic (exact) mass is 314 g/mol. The van der Waals surface area contributed by atoms with Crippen LogP contribution in [0.1, 0.15) is 29.6 Å². The average molecular weight is 314 g/mol.